The number of halogens is 2. The summed E-state index contributed by atoms with van der Waals surface area (Å²) >= 11 is 12.7. The first kappa shape index (κ1) is 16.1. The number of aromatic nitrogens is 3. The smallest absolute Gasteiger partial charge is 0.248 e. The molecule has 0 radical (unpaired) electrons. The minimum Gasteiger partial charge on any atom is -0.420 e. The average Bonchev–Trinajstić information content (AvgIpc) is 3.19. The first-order valence-corrected chi connectivity index (χ1v) is 9.92. The third kappa shape index (κ3) is 3.35. The van der Waals surface area contributed by atoms with Gasteiger partial charge in [-0.25, -0.2) is 4.98 Å². The Bertz CT molecular complexity index is 1020. The topological polar surface area (TPSA) is 51.8 Å². The van der Waals surface area contributed by atoms with Crippen molar-refractivity contribution in [2.45, 2.75) is 10.1 Å². The first-order valence-electron chi connectivity index (χ1n) is 6.95. The summed E-state index contributed by atoms with van der Waals surface area (Å²) in [6.45, 7) is 0. The molecule has 0 atom stereocenters. The van der Waals surface area contributed by atoms with Gasteiger partial charge in [-0.15, -0.1) is 21.5 Å². The molecule has 4 rings (SSSR count). The van der Waals surface area contributed by atoms with Crippen LogP contribution in [0.4, 0.5) is 0 Å². The predicted octanol–water partition coefficient (Wildman–Crippen LogP) is 6.05. The molecule has 2 aromatic carbocycles. The molecular formula is C16H9BrClN3OS2. The normalized spacial score (nSPS) is 11.2. The van der Waals surface area contributed by atoms with Crippen molar-refractivity contribution in [1.82, 2.24) is 15.2 Å². The highest BCUT2D eigenvalue weighted by Gasteiger charge is 2.12. The number of thioether (sulfide) groups is 1. The van der Waals surface area contributed by atoms with E-state index in [0.717, 1.165) is 24.6 Å². The number of hydrogen-bond acceptors (Lipinski definition) is 6. The molecule has 0 saturated carbocycles. The van der Waals surface area contributed by atoms with Gasteiger partial charge in [0.1, 0.15) is 0 Å². The number of thiazole rings is 1. The van der Waals surface area contributed by atoms with E-state index in [0.29, 0.717) is 22.6 Å². The molecule has 0 saturated heterocycles. The summed E-state index contributed by atoms with van der Waals surface area (Å²) in [6.07, 6.45) is 0. The number of fused-ring (bicyclic) bond motifs is 1. The third-order valence-electron chi connectivity index (χ3n) is 3.22. The second-order valence-electron chi connectivity index (χ2n) is 4.86. The summed E-state index contributed by atoms with van der Waals surface area (Å²) in [5.74, 6) is 1.66. The Morgan fingerprint density at radius 3 is 2.92 bits per heavy atom. The zero-order chi connectivity index (χ0) is 16.5. The maximum atomic E-state index is 6.00. The van der Waals surface area contributed by atoms with Gasteiger partial charge in [-0.05, 0) is 46.3 Å². The molecule has 0 aliphatic rings. The van der Waals surface area contributed by atoms with Crippen molar-refractivity contribution in [3.8, 4) is 11.5 Å². The molecule has 8 heteroatoms. The van der Waals surface area contributed by atoms with Crippen LogP contribution >= 0.6 is 50.6 Å². The lowest BCUT2D eigenvalue weighted by molar-refractivity contribution is 0.528. The van der Waals surface area contributed by atoms with Crippen molar-refractivity contribution in [1.29, 1.82) is 0 Å². The molecule has 4 aromatic rings. The monoisotopic (exact) mass is 437 g/mol. The van der Waals surface area contributed by atoms with E-state index in [1.54, 1.807) is 23.1 Å². The van der Waals surface area contributed by atoms with Crippen LogP contribution in [0.5, 0.6) is 0 Å². The molecule has 24 heavy (non-hydrogen) atoms. The minimum atomic E-state index is 0.508. The fraction of sp³-hybridized carbons (Fsp3) is 0.0625. The third-order valence-corrected chi connectivity index (χ3v) is 6.31. The summed E-state index contributed by atoms with van der Waals surface area (Å²) in [5, 5.41) is 8.93. The number of hydrogen-bond donors (Lipinski definition) is 0. The van der Waals surface area contributed by atoms with E-state index in [2.05, 4.69) is 31.1 Å². The van der Waals surface area contributed by atoms with Crippen molar-refractivity contribution in [2.75, 3.05) is 0 Å². The maximum absolute atomic E-state index is 6.00. The second-order valence-corrected chi connectivity index (χ2v) is 8.41. The summed E-state index contributed by atoms with van der Waals surface area (Å²) in [4.78, 5) is 4.57. The van der Waals surface area contributed by atoms with E-state index in [9.17, 15) is 0 Å². The Balaban J connectivity index is 1.50. The zero-order valence-corrected chi connectivity index (χ0v) is 16.0. The van der Waals surface area contributed by atoms with Gasteiger partial charge >= 0.3 is 0 Å². The standard InChI is InChI=1S/C16H9BrClN3OS2/c17-11-4-2-1-3-10(11)15-21-20-14(22-15)8-23-16-19-12-7-9(18)5-6-13(12)24-16/h1-7H,8H2. The van der Waals surface area contributed by atoms with Crippen LogP contribution in [-0.2, 0) is 5.75 Å². The Morgan fingerprint density at radius 2 is 2.04 bits per heavy atom. The van der Waals surface area contributed by atoms with Crippen LogP contribution in [0, 0.1) is 0 Å². The summed E-state index contributed by atoms with van der Waals surface area (Å²) < 4.78 is 8.74. The highest BCUT2D eigenvalue weighted by molar-refractivity contribution is 9.10. The van der Waals surface area contributed by atoms with Gasteiger partial charge in [-0.3, -0.25) is 0 Å². The lowest BCUT2D eigenvalue weighted by atomic mass is 10.2. The zero-order valence-electron chi connectivity index (χ0n) is 12.1. The van der Waals surface area contributed by atoms with Gasteiger partial charge < -0.3 is 4.42 Å². The van der Waals surface area contributed by atoms with E-state index in [4.69, 9.17) is 16.0 Å². The summed E-state index contributed by atoms with van der Waals surface area (Å²) in [6, 6.07) is 13.5. The molecule has 0 spiro atoms. The van der Waals surface area contributed by atoms with Crippen molar-refractivity contribution in [3.63, 3.8) is 0 Å². The second kappa shape index (κ2) is 6.84. The molecule has 0 amide bonds. The Hall–Kier alpha value is -1.41. The molecule has 0 aliphatic heterocycles. The summed E-state index contributed by atoms with van der Waals surface area (Å²) in [5.41, 5.74) is 1.80. The van der Waals surface area contributed by atoms with Crippen LogP contribution in [0.15, 0.2) is 55.7 Å². The van der Waals surface area contributed by atoms with Crippen LogP contribution < -0.4 is 0 Å². The lowest BCUT2D eigenvalue weighted by Gasteiger charge is -1.97. The van der Waals surface area contributed by atoms with E-state index in [1.165, 1.54) is 0 Å². The van der Waals surface area contributed by atoms with Crippen molar-refractivity contribution in [2.24, 2.45) is 0 Å². The maximum Gasteiger partial charge on any atom is 0.248 e. The molecule has 2 aromatic heterocycles. The van der Waals surface area contributed by atoms with Crippen molar-refractivity contribution < 1.29 is 4.42 Å². The van der Waals surface area contributed by atoms with Gasteiger partial charge in [0.05, 0.1) is 21.5 Å². The Kier molecular flexibility index (Phi) is 4.58. The largest absolute Gasteiger partial charge is 0.420 e. The molecular weight excluding hydrogens is 430 g/mol. The molecule has 0 unspecified atom stereocenters. The van der Waals surface area contributed by atoms with Gasteiger partial charge in [0, 0.05) is 9.50 Å². The molecule has 120 valence electrons. The van der Waals surface area contributed by atoms with E-state index >= 15 is 0 Å². The van der Waals surface area contributed by atoms with Crippen LogP contribution in [0.2, 0.25) is 5.02 Å². The fourth-order valence-corrected chi connectivity index (χ4v) is 4.63. The van der Waals surface area contributed by atoms with Crippen molar-refractivity contribution in [3.05, 3.63) is 57.9 Å². The molecule has 0 bridgehead atoms. The SMILES string of the molecule is Clc1ccc2sc(SCc3nnc(-c4ccccc4Br)o3)nc2c1. The Labute approximate surface area is 159 Å². The first-order chi connectivity index (χ1) is 11.7. The van der Waals surface area contributed by atoms with Crippen LogP contribution in [0.1, 0.15) is 5.89 Å². The van der Waals surface area contributed by atoms with Gasteiger partial charge in [0.25, 0.3) is 0 Å². The quantitative estimate of drug-likeness (QED) is 0.363. The molecule has 2 heterocycles. The van der Waals surface area contributed by atoms with Crippen LogP contribution in [0.3, 0.4) is 0 Å². The van der Waals surface area contributed by atoms with Gasteiger partial charge in [0.2, 0.25) is 11.8 Å². The lowest BCUT2D eigenvalue weighted by Crippen LogP contribution is -1.79. The van der Waals surface area contributed by atoms with E-state index < -0.39 is 0 Å². The fourth-order valence-electron chi connectivity index (χ4n) is 2.12. The molecule has 0 aliphatic carbocycles. The highest BCUT2D eigenvalue weighted by Crippen LogP contribution is 2.33. The molecule has 0 N–H and O–H groups in total. The molecule has 4 nitrogen and oxygen atoms in total. The van der Waals surface area contributed by atoms with Crippen molar-refractivity contribution >= 4 is 60.8 Å². The number of rotatable bonds is 4. The molecule has 0 fully saturated rings. The van der Waals surface area contributed by atoms with Crippen LogP contribution in [-0.4, -0.2) is 15.2 Å². The van der Waals surface area contributed by atoms with Gasteiger partial charge in [-0.1, -0.05) is 35.5 Å². The van der Waals surface area contributed by atoms with Gasteiger partial charge in [0.15, 0.2) is 4.34 Å². The number of benzene rings is 2. The van der Waals surface area contributed by atoms with E-state index in [1.807, 2.05) is 42.5 Å². The van der Waals surface area contributed by atoms with Crippen LogP contribution in [0.25, 0.3) is 21.7 Å². The minimum absolute atomic E-state index is 0.508. The Morgan fingerprint density at radius 1 is 1.17 bits per heavy atom. The van der Waals surface area contributed by atoms with Gasteiger partial charge in [-0.2, -0.15) is 0 Å². The summed E-state index contributed by atoms with van der Waals surface area (Å²) in [7, 11) is 0. The highest BCUT2D eigenvalue weighted by atomic mass is 79.9. The number of nitrogens with zero attached hydrogens (tertiary/aromatic N) is 3. The predicted molar refractivity (Wildman–Crippen MR) is 102 cm³/mol. The van der Waals surface area contributed by atoms with E-state index in [-0.39, 0.29) is 0 Å². The average molecular weight is 439 g/mol.